The average Bonchev–Trinajstić information content (AvgIpc) is 2.90. The summed E-state index contributed by atoms with van der Waals surface area (Å²) in [6.45, 7) is 6.16. The van der Waals surface area contributed by atoms with Gasteiger partial charge in [0.15, 0.2) is 5.82 Å². The number of hydrogen-bond donors (Lipinski definition) is 1. The molecule has 2 heterocycles. The Morgan fingerprint density at radius 1 is 1.27 bits per heavy atom. The van der Waals surface area contributed by atoms with Gasteiger partial charge in [-0.15, -0.1) is 0 Å². The molecule has 6 nitrogen and oxygen atoms in total. The molecule has 0 unspecified atom stereocenters. The van der Waals surface area contributed by atoms with Crippen LogP contribution in [0.3, 0.4) is 0 Å². The zero-order valence-electron chi connectivity index (χ0n) is 12.8. The maximum absolute atomic E-state index is 12.5. The molecule has 2 aromatic heterocycles. The minimum Gasteiger partial charge on any atom is -0.338 e. The summed E-state index contributed by atoms with van der Waals surface area (Å²) in [4.78, 5) is 4.06. The predicted molar refractivity (Wildman–Crippen MR) is 72.0 cm³/mol. The van der Waals surface area contributed by atoms with E-state index < -0.39 is 12.7 Å². The molecular formula is C13H18F3N5O. The van der Waals surface area contributed by atoms with Gasteiger partial charge in [-0.1, -0.05) is 5.16 Å². The smallest absolute Gasteiger partial charge is 0.338 e. The Morgan fingerprint density at radius 3 is 2.50 bits per heavy atom. The van der Waals surface area contributed by atoms with Crippen LogP contribution in [0.4, 0.5) is 13.2 Å². The SMILES string of the molecule is Cc1noc(CN[C@H](C)c2c(C)nn(CC(F)(F)F)c2C)n1. The first kappa shape index (κ1) is 16.5. The van der Waals surface area contributed by atoms with Crippen LogP contribution in [-0.4, -0.2) is 26.1 Å². The lowest BCUT2D eigenvalue weighted by Crippen LogP contribution is -2.21. The molecule has 0 fully saturated rings. The van der Waals surface area contributed by atoms with Crippen LogP contribution >= 0.6 is 0 Å². The Balaban J connectivity index is 2.10. The molecule has 0 spiro atoms. The maximum Gasteiger partial charge on any atom is 0.408 e. The molecule has 0 aromatic carbocycles. The molecule has 0 saturated heterocycles. The Hall–Kier alpha value is -1.90. The van der Waals surface area contributed by atoms with Gasteiger partial charge in [0.2, 0.25) is 5.89 Å². The zero-order chi connectivity index (χ0) is 16.5. The van der Waals surface area contributed by atoms with Crippen LogP contribution in [0.15, 0.2) is 4.52 Å². The van der Waals surface area contributed by atoms with Gasteiger partial charge in [0.25, 0.3) is 0 Å². The summed E-state index contributed by atoms with van der Waals surface area (Å²) in [5.74, 6) is 0.970. The summed E-state index contributed by atoms with van der Waals surface area (Å²) in [7, 11) is 0. The van der Waals surface area contributed by atoms with E-state index in [2.05, 4.69) is 20.6 Å². The molecule has 0 aliphatic heterocycles. The second kappa shape index (κ2) is 6.07. The molecule has 1 atom stereocenters. The molecular weight excluding hydrogens is 299 g/mol. The molecule has 0 radical (unpaired) electrons. The molecule has 22 heavy (non-hydrogen) atoms. The highest BCUT2D eigenvalue weighted by molar-refractivity contribution is 5.27. The number of halogens is 3. The zero-order valence-corrected chi connectivity index (χ0v) is 12.8. The third-order valence-corrected chi connectivity index (χ3v) is 3.33. The van der Waals surface area contributed by atoms with Crippen molar-refractivity contribution < 1.29 is 17.7 Å². The van der Waals surface area contributed by atoms with Crippen molar-refractivity contribution in [3.8, 4) is 0 Å². The number of hydrogen-bond acceptors (Lipinski definition) is 5. The van der Waals surface area contributed by atoms with Gasteiger partial charge in [-0.2, -0.15) is 23.3 Å². The van der Waals surface area contributed by atoms with Crippen LogP contribution < -0.4 is 5.32 Å². The fourth-order valence-electron chi connectivity index (χ4n) is 2.42. The van der Waals surface area contributed by atoms with Crippen molar-refractivity contribution in [2.24, 2.45) is 0 Å². The van der Waals surface area contributed by atoms with E-state index in [-0.39, 0.29) is 6.04 Å². The second-order valence-electron chi connectivity index (χ2n) is 5.20. The molecule has 0 aliphatic rings. The lowest BCUT2D eigenvalue weighted by Gasteiger charge is -2.14. The van der Waals surface area contributed by atoms with Gasteiger partial charge in [-0.05, 0) is 27.7 Å². The van der Waals surface area contributed by atoms with Crippen LogP contribution in [0.1, 0.15) is 41.6 Å². The number of aryl methyl sites for hydroxylation is 2. The lowest BCUT2D eigenvalue weighted by molar-refractivity contribution is -0.142. The Labute approximate surface area is 125 Å². The normalized spacial score (nSPS) is 13.6. The lowest BCUT2D eigenvalue weighted by atomic mass is 10.1. The van der Waals surface area contributed by atoms with Gasteiger partial charge < -0.3 is 9.84 Å². The van der Waals surface area contributed by atoms with Gasteiger partial charge in [0.1, 0.15) is 6.54 Å². The number of aromatic nitrogens is 4. The van der Waals surface area contributed by atoms with Crippen LogP contribution in [-0.2, 0) is 13.1 Å². The van der Waals surface area contributed by atoms with Crippen molar-refractivity contribution in [2.75, 3.05) is 0 Å². The molecule has 0 saturated carbocycles. The summed E-state index contributed by atoms with van der Waals surface area (Å²) < 4.78 is 43.6. The minimum absolute atomic E-state index is 0.186. The largest absolute Gasteiger partial charge is 0.408 e. The fraction of sp³-hybridized carbons (Fsp3) is 0.615. The second-order valence-corrected chi connectivity index (χ2v) is 5.20. The van der Waals surface area contributed by atoms with Gasteiger partial charge in [-0.25, -0.2) is 0 Å². The summed E-state index contributed by atoms with van der Waals surface area (Å²) in [5, 5.41) is 10.8. The van der Waals surface area contributed by atoms with E-state index in [1.54, 1.807) is 20.8 Å². The van der Waals surface area contributed by atoms with Crippen molar-refractivity contribution in [3.63, 3.8) is 0 Å². The molecule has 0 amide bonds. The van der Waals surface area contributed by atoms with Crippen LogP contribution in [0, 0.1) is 20.8 Å². The molecule has 2 rings (SSSR count). The first-order chi connectivity index (χ1) is 10.2. The van der Waals surface area contributed by atoms with E-state index in [9.17, 15) is 13.2 Å². The van der Waals surface area contributed by atoms with Crippen molar-refractivity contribution in [1.29, 1.82) is 0 Å². The van der Waals surface area contributed by atoms with Gasteiger partial charge in [0, 0.05) is 17.3 Å². The Kier molecular flexibility index (Phi) is 4.55. The third-order valence-electron chi connectivity index (χ3n) is 3.33. The first-order valence-electron chi connectivity index (χ1n) is 6.80. The highest BCUT2D eigenvalue weighted by atomic mass is 19.4. The van der Waals surface area contributed by atoms with Crippen molar-refractivity contribution in [3.05, 3.63) is 28.7 Å². The number of nitrogens with one attached hydrogen (secondary N) is 1. The van der Waals surface area contributed by atoms with Crippen molar-refractivity contribution in [2.45, 2.75) is 53.0 Å². The summed E-state index contributed by atoms with van der Waals surface area (Å²) in [6.07, 6.45) is -4.29. The van der Waals surface area contributed by atoms with Crippen LogP contribution in [0.5, 0.6) is 0 Å². The topological polar surface area (TPSA) is 68.8 Å². The predicted octanol–water partition coefficient (Wildman–Crippen LogP) is 2.60. The van der Waals surface area contributed by atoms with E-state index in [4.69, 9.17) is 4.52 Å². The van der Waals surface area contributed by atoms with E-state index in [0.717, 1.165) is 10.2 Å². The number of rotatable bonds is 5. The highest BCUT2D eigenvalue weighted by Gasteiger charge is 2.30. The van der Waals surface area contributed by atoms with E-state index >= 15 is 0 Å². The van der Waals surface area contributed by atoms with E-state index in [1.807, 2.05) is 6.92 Å². The average molecular weight is 317 g/mol. The third kappa shape index (κ3) is 3.85. The molecule has 9 heteroatoms. The highest BCUT2D eigenvalue weighted by Crippen LogP contribution is 2.25. The van der Waals surface area contributed by atoms with Crippen molar-refractivity contribution >= 4 is 0 Å². The molecule has 0 bridgehead atoms. The Bertz CT molecular complexity index is 647. The van der Waals surface area contributed by atoms with Crippen LogP contribution in [0.25, 0.3) is 0 Å². The molecule has 1 N–H and O–H groups in total. The summed E-state index contributed by atoms with van der Waals surface area (Å²) in [6, 6.07) is -0.186. The molecule has 122 valence electrons. The van der Waals surface area contributed by atoms with Gasteiger partial charge >= 0.3 is 6.18 Å². The monoisotopic (exact) mass is 317 g/mol. The first-order valence-corrected chi connectivity index (χ1v) is 6.80. The standard InChI is InChI=1S/C13H18F3N5O/c1-7(17-5-11-18-10(4)20-22-11)12-8(2)19-21(9(12)3)6-13(14,15)16/h7,17H,5-6H2,1-4H3/t7-/m1/s1. The number of nitrogens with zero attached hydrogens (tertiary/aromatic N) is 4. The summed E-state index contributed by atoms with van der Waals surface area (Å²) >= 11 is 0. The summed E-state index contributed by atoms with van der Waals surface area (Å²) in [5.41, 5.74) is 1.82. The van der Waals surface area contributed by atoms with Crippen molar-refractivity contribution in [1.82, 2.24) is 25.2 Å². The van der Waals surface area contributed by atoms with E-state index in [1.165, 1.54) is 0 Å². The Morgan fingerprint density at radius 2 is 1.95 bits per heavy atom. The van der Waals surface area contributed by atoms with Crippen LogP contribution in [0.2, 0.25) is 0 Å². The van der Waals surface area contributed by atoms with Gasteiger partial charge in [-0.3, -0.25) is 4.68 Å². The molecule has 0 aliphatic carbocycles. The maximum atomic E-state index is 12.5. The number of alkyl halides is 3. The minimum atomic E-state index is -4.29. The van der Waals surface area contributed by atoms with Gasteiger partial charge in [0.05, 0.1) is 12.2 Å². The quantitative estimate of drug-likeness (QED) is 0.918. The fourth-order valence-corrected chi connectivity index (χ4v) is 2.42. The van der Waals surface area contributed by atoms with E-state index in [0.29, 0.717) is 29.6 Å². The molecule has 2 aromatic rings.